The van der Waals surface area contributed by atoms with E-state index in [0.717, 1.165) is 16.5 Å². The summed E-state index contributed by atoms with van der Waals surface area (Å²) in [5.41, 5.74) is 5.80. The molecule has 33 heavy (non-hydrogen) atoms. The van der Waals surface area contributed by atoms with E-state index in [9.17, 15) is 14.7 Å². The Morgan fingerprint density at radius 1 is 1.18 bits per heavy atom. The Hall–Kier alpha value is -3.30. The molecule has 0 fully saturated rings. The molecule has 0 saturated carbocycles. The number of hydrogen-bond acceptors (Lipinski definition) is 8. The molecule has 4 radical (unpaired) electrons. The fraction of sp³-hybridized carbons (Fsp3) is 0.318. The van der Waals surface area contributed by atoms with Crippen molar-refractivity contribution in [2.45, 2.75) is 44.2 Å². The van der Waals surface area contributed by atoms with Crippen molar-refractivity contribution in [2.75, 3.05) is 0 Å². The second-order valence-electron chi connectivity index (χ2n) is 8.47. The summed E-state index contributed by atoms with van der Waals surface area (Å²) in [6, 6.07) is 5.04. The van der Waals surface area contributed by atoms with E-state index < -0.39 is 17.2 Å². The Bertz CT molecular complexity index is 1470. The zero-order valence-electron chi connectivity index (χ0n) is 17.7. The summed E-state index contributed by atoms with van der Waals surface area (Å²) in [6.07, 6.45) is 0.0667. The van der Waals surface area contributed by atoms with Crippen LogP contribution in [0.5, 0.6) is 11.5 Å². The average Bonchev–Trinajstić information content (AvgIpc) is 3.29. The van der Waals surface area contributed by atoms with E-state index in [4.69, 9.17) is 40.6 Å². The van der Waals surface area contributed by atoms with Crippen LogP contribution in [0.4, 0.5) is 0 Å². The Balaban J connectivity index is 1.62. The molecule has 0 saturated heterocycles. The Labute approximate surface area is 190 Å². The smallest absolute Gasteiger partial charge is 0.343 e. The molecule has 2 aromatic heterocycles. The zero-order valence-corrected chi connectivity index (χ0v) is 17.7. The molecule has 1 aromatic carbocycles. The number of hydrogen-bond donors (Lipinski definition) is 2. The normalized spacial score (nSPS) is 21.5. The van der Waals surface area contributed by atoms with Gasteiger partial charge in [0.25, 0.3) is 5.56 Å². The second kappa shape index (κ2) is 6.39. The summed E-state index contributed by atoms with van der Waals surface area (Å²) in [5, 5.41) is 11.7. The third-order valence-corrected chi connectivity index (χ3v) is 6.61. The van der Waals surface area contributed by atoms with Crippen LogP contribution < -0.4 is 20.8 Å². The van der Waals surface area contributed by atoms with Crippen LogP contribution in [0.1, 0.15) is 35.6 Å². The first-order chi connectivity index (χ1) is 15.7. The van der Waals surface area contributed by atoms with E-state index in [-0.39, 0.29) is 42.8 Å². The highest BCUT2D eigenvalue weighted by Crippen LogP contribution is 2.44. The van der Waals surface area contributed by atoms with Crippen LogP contribution in [-0.2, 0) is 34.8 Å². The van der Waals surface area contributed by atoms with Gasteiger partial charge in [-0.1, -0.05) is 6.92 Å². The van der Waals surface area contributed by atoms with Crippen molar-refractivity contribution < 1.29 is 24.1 Å². The number of pyridine rings is 2. The number of nitrogens with two attached hydrogens (primary N) is 1. The van der Waals surface area contributed by atoms with E-state index >= 15 is 0 Å². The van der Waals surface area contributed by atoms with E-state index in [1.54, 1.807) is 29.7 Å². The van der Waals surface area contributed by atoms with Gasteiger partial charge >= 0.3 is 5.97 Å². The molecule has 5 heterocycles. The number of cyclic esters (lactones) is 1. The molecule has 0 amide bonds. The van der Waals surface area contributed by atoms with Gasteiger partial charge in [-0.25, -0.2) is 9.78 Å². The Morgan fingerprint density at radius 3 is 2.61 bits per heavy atom. The minimum atomic E-state index is -1.89. The molecular formula is C22H17B2N3O6. The lowest BCUT2D eigenvalue weighted by atomic mass is 9.76. The summed E-state index contributed by atoms with van der Waals surface area (Å²) in [6.45, 7) is 1.90. The maximum Gasteiger partial charge on any atom is 0.343 e. The van der Waals surface area contributed by atoms with Crippen LogP contribution in [0.2, 0.25) is 0 Å². The van der Waals surface area contributed by atoms with E-state index in [0.29, 0.717) is 28.4 Å². The van der Waals surface area contributed by atoms with Crippen molar-refractivity contribution in [3.8, 4) is 22.9 Å². The number of aliphatic hydroxyl groups is 1. The molecule has 0 bridgehead atoms. The van der Waals surface area contributed by atoms with E-state index in [2.05, 4.69) is 0 Å². The van der Waals surface area contributed by atoms with Gasteiger partial charge in [0.05, 0.1) is 29.0 Å². The van der Waals surface area contributed by atoms with Crippen molar-refractivity contribution in [1.29, 1.82) is 0 Å². The van der Waals surface area contributed by atoms with Crippen LogP contribution in [0.15, 0.2) is 23.0 Å². The summed E-state index contributed by atoms with van der Waals surface area (Å²) in [7, 11) is 11.5. The molecule has 6 rings (SSSR count). The first-order valence-electron chi connectivity index (χ1n) is 10.5. The van der Waals surface area contributed by atoms with Crippen molar-refractivity contribution in [1.82, 2.24) is 9.55 Å². The number of carbonyl (C=O) groups excluding carboxylic acids is 1. The average molecular weight is 441 g/mol. The van der Waals surface area contributed by atoms with Gasteiger partial charge < -0.3 is 29.6 Å². The predicted octanol–water partition coefficient (Wildman–Crippen LogP) is 0.258. The number of carbonyl (C=O) groups is 1. The van der Waals surface area contributed by atoms with Crippen LogP contribution in [0.25, 0.3) is 22.3 Å². The molecule has 3 aliphatic heterocycles. The van der Waals surface area contributed by atoms with Crippen molar-refractivity contribution in [3.63, 3.8) is 0 Å². The second-order valence-corrected chi connectivity index (χ2v) is 8.47. The van der Waals surface area contributed by atoms with Crippen molar-refractivity contribution in [2.24, 2.45) is 5.73 Å². The maximum atomic E-state index is 13.3. The monoisotopic (exact) mass is 441 g/mol. The van der Waals surface area contributed by atoms with Crippen LogP contribution in [0, 0.1) is 0 Å². The van der Waals surface area contributed by atoms with Gasteiger partial charge in [0.1, 0.15) is 6.61 Å². The van der Waals surface area contributed by atoms with Crippen LogP contribution >= 0.6 is 0 Å². The van der Waals surface area contributed by atoms with Crippen molar-refractivity contribution >= 4 is 32.6 Å². The maximum absolute atomic E-state index is 13.3. The Kier molecular flexibility index (Phi) is 3.93. The largest absolute Gasteiger partial charge is 0.468 e. The van der Waals surface area contributed by atoms with Crippen molar-refractivity contribution in [3.05, 3.63) is 50.8 Å². The van der Waals surface area contributed by atoms with Gasteiger partial charge in [-0.2, -0.15) is 0 Å². The summed E-state index contributed by atoms with van der Waals surface area (Å²) in [5.74, 6) is -0.0587. The third-order valence-electron chi connectivity index (χ3n) is 6.61. The minimum Gasteiger partial charge on any atom is -0.468 e. The number of rotatable bonds is 2. The van der Waals surface area contributed by atoms with Gasteiger partial charge in [-0.15, -0.1) is 0 Å². The lowest BCUT2D eigenvalue weighted by Crippen LogP contribution is -2.44. The first-order valence-corrected chi connectivity index (χ1v) is 10.5. The number of ether oxygens (including phenoxy) is 3. The molecule has 3 aromatic rings. The minimum absolute atomic E-state index is 0.0667. The number of fused-ring (bicyclic) bond motifs is 6. The molecule has 11 heteroatoms. The number of aromatic nitrogens is 2. The summed E-state index contributed by atoms with van der Waals surface area (Å²) in [4.78, 5) is 30.5. The quantitative estimate of drug-likeness (QED) is 0.335. The third kappa shape index (κ3) is 2.60. The lowest BCUT2D eigenvalue weighted by Gasteiger charge is -2.31. The van der Waals surface area contributed by atoms with Gasteiger partial charge in [-0.3, -0.25) is 4.79 Å². The molecule has 0 aliphatic carbocycles. The lowest BCUT2D eigenvalue weighted by molar-refractivity contribution is -0.172. The molecule has 0 unspecified atom stereocenters. The fourth-order valence-corrected chi connectivity index (χ4v) is 4.93. The molecule has 3 aliphatic rings. The molecule has 9 nitrogen and oxygen atoms in total. The van der Waals surface area contributed by atoms with Gasteiger partial charge in [0, 0.05) is 29.1 Å². The van der Waals surface area contributed by atoms with Gasteiger partial charge in [0.15, 0.2) is 38.4 Å². The highest BCUT2D eigenvalue weighted by atomic mass is 16.7. The van der Waals surface area contributed by atoms with E-state index in [1.165, 1.54) is 0 Å². The fourth-order valence-electron chi connectivity index (χ4n) is 4.93. The summed E-state index contributed by atoms with van der Waals surface area (Å²) >= 11 is 0. The van der Waals surface area contributed by atoms with Crippen LogP contribution in [0.3, 0.4) is 0 Å². The standard InChI is InChI=1S/C22H17B2N3O6/c1-2-21(30)13-4-15-18-11(7-27(15)19(28)12(13)8-31-20(21)29)10(6-25)9-3-16-17(5-14(9)26-18)33-22(23,24)32-16/h3-5,30H,2,6-8,25H2,1H3/t21-/m0/s1. The first kappa shape index (κ1) is 20.3. The number of esters is 1. The van der Waals surface area contributed by atoms with Gasteiger partial charge in [-0.05, 0) is 24.1 Å². The SMILES string of the molecule is [B]C1([B])Oc2cc3nc4c(c(CN)c3cc2O1)Cn1c-4cc2c(c1=O)COC(=O)[C@]2(O)CC. The number of benzene rings is 1. The topological polar surface area (TPSA) is 126 Å². The molecule has 1 atom stereocenters. The summed E-state index contributed by atoms with van der Waals surface area (Å²) < 4.78 is 17.6. The highest BCUT2D eigenvalue weighted by Gasteiger charge is 2.45. The molecule has 162 valence electrons. The van der Waals surface area contributed by atoms with Gasteiger partial charge in [0.2, 0.25) is 0 Å². The molecule has 0 spiro atoms. The number of nitrogens with zero attached hydrogens (tertiary/aromatic N) is 2. The van der Waals surface area contributed by atoms with E-state index in [1.807, 2.05) is 0 Å². The molecule has 3 N–H and O–H groups in total. The highest BCUT2D eigenvalue weighted by molar-refractivity contribution is 6.38. The zero-order chi connectivity index (χ0) is 23.3. The predicted molar refractivity (Wildman–Crippen MR) is 118 cm³/mol. The van der Waals surface area contributed by atoms with Crippen LogP contribution in [-0.4, -0.2) is 41.9 Å². The molecular weight excluding hydrogens is 424 g/mol. The Morgan fingerprint density at radius 2 is 1.91 bits per heavy atom.